The van der Waals surface area contributed by atoms with Gasteiger partial charge in [0.15, 0.2) is 0 Å². The molecule has 2 aromatic rings. The van der Waals surface area contributed by atoms with Gasteiger partial charge in [-0.2, -0.15) is 0 Å². The van der Waals surface area contributed by atoms with Crippen molar-refractivity contribution < 1.29 is 14.0 Å². The highest BCUT2D eigenvalue weighted by Crippen LogP contribution is 2.30. The number of nitrogens with zero attached hydrogens (tertiary/aromatic N) is 2. The van der Waals surface area contributed by atoms with E-state index in [-0.39, 0.29) is 23.7 Å². The molecule has 0 radical (unpaired) electrons. The van der Waals surface area contributed by atoms with Gasteiger partial charge in [0.05, 0.1) is 5.69 Å². The van der Waals surface area contributed by atoms with Crippen LogP contribution < -0.4 is 5.32 Å². The number of hydrogen-bond acceptors (Lipinski definition) is 4. The number of carbonyl (C=O) groups excluding carboxylic acids is 2. The van der Waals surface area contributed by atoms with Crippen LogP contribution in [0.1, 0.15) is 54.9 Å². The Morgan fingerprint density at radius 1 is 1.28 bits per heavy atom. The number of rotatable bonds is 6. The van der Waals surface area contributed by atoms with Crippen LogP contribution in [0.5, 0.6) is 0 Å². The Bertz CT molecular complexity index is 857. The smallest absolute Gasteiger partial charge is 0.265 e. The quantitative estimate of drug-likeness (QED) is 0.757. The molecule has 1 N–H and O–H groups in total. The Labute approximate surface area is 175 Å². The van der Waals surface area contributed by atoms with E-state index < -0.39 is 0 Å². The molecule has 0 bridgehead atoms. The van der Waals surface area contributed by atoms with E-state index in [1.165, 1.54) is 23.5 Å². The largest absolute Gasteiger partial charge is 0.354 e. The van der Waals surface area contributed by atoms with Gasteiger partial charge in [0, 0.05) is 31.1 Å². The first-order valence-electron chi connectivity index (χ1n) is 10.2. The van der Waals surface area contributed by atoms with Crippen molar-refractivity contribution in [1.29, 1.82) is 0 Å². The van der Waals surface area contributed by atoms with E-state index in [2.05, 4.69) is 17.2 Å². The maximum absolute atomic E-state index is 13.1. The molecular weight excluding hydrogens is 389 g/mol. The molecule has 1 aliphatic rings. The van der Waals surface area contributed by atoms with Gasteiger partial charge in [-0.05, 0) is 63.3 Å². The van der Waals surface area contributed by atoms with Crippen molar-refractivity contribution in [3.05, 3.63) is 40.7 Å². The molecule has 5 nitrogen and oxygen atoms in total. The molecule has 3 rings (SSSR count). The maximum Gasteiger partial charge on any atom is 0.265 e. The van der Waals surface area contributed by atoms with Gasteiger partial charge in [0.2, 0.25) is 5.91 Å². The minimum atomic E-state index is -0.293. The second-order valence-corrected chi connectivity index (χ2v) is 8.76. The van der Waals surface area contributed by atoms with Gasteiger partial charge in [-0.3, -0.25) is 9.59 Å². The minimum Gasteiger partial charge on any atom is -0.354 e. The van der Waals surface area contributed by atoms with Crippen LogP contribution in [0.2, 0.25) is 0 Å². The lowest BCUT2D eigenvalue weighted by Gasteiger charge is -2.31. The fraction of sp³-hybridized carbons (Fsp3) is 0.500. The number of amides is 2. The number of benzene rings is 1. The Kier molecular flexibility index (Phi) is 7.00. The normalized spacial score (nSPS) is 15.9. The number of halogens is 1. The molecule has 156 valence electrons. The van der Waals surface area contributed by atoms with E-state index in [0.717, 1.165) is 29.8 Å². The molecule has 1 aliphatic heterocycles. The summed E-state index contributed by atoms with van der Waals surface area (Å²) in [5.74, 6) is 0.127. The number of likely N-dealkylation sites (tertiary alicyclic amines) is 1. The number of hydrogen-bond donors (Lipinski definition) is 1. The summed E-state index contributed by atoms with van der Waals surface area (Å²) in [4.78, 5) is 32.1. The third kappa shape index (κ3) is 5.41. The van der Waals surface area contributed by atoms with Gasteiger partial charge in [-0.15, -0.1) is 11.3 Å². The van der Waals surface area contributed by atoms with E-state index in [9.17, 15) is 14.0 Å². The lowest BCUT2D eigenvalue weighted by molar-refractivity contribution is -0.122. The Hall–Kier alpha value is -2.28. The van der Waals surface area contributed by atoms with Crippen molar-refractivity contribution in [2.75, 3.05) is 13.1 Å². The number of piperidine rings is 1. The number of thiazole rings is 1. The molecule has 2 heterocycles. The molecule has 1 aromatic heterocycles. The van der Waals surface area contributed by atoms with E-state index in [0.29, 0.717) is 36.0 Å². The van der Waals surface area contributed by atoms with Gasteiger partial charge in [-0.1, -0.05) is 6.92 Å². The van der Waals surface area contributed by atoms with Crippen LogP contribution >= 0.6 is 11.3 Å². The predicted molar refractivity (Wildman–Crippen MR) is 113 cm³/mol. The van der Waals surface area contributed by atoms with E-state index >= 15 is 0 Å². The Morgan fingerprint density at radius 3 is 2.55 bits per heavy atom. The lowest BCUT2D eigenvalue weighted by atomic mass is 9.93. The molecule has 1 atom stereocenters. The maximum atomic E-state index is 13.1. The van der Waals surface area contributed by atoms with E-state index in [1.54, 1.807) is 12.1 Å². The summed E-state index contributed by atoms with van der Waals surface area (Å²) < 4.78 is 13.1. The van der Waals surface area contributed by atoms with E-state index in [4.69, 9.17) is 0 Å². The molecule has 1 fully saturated rings. The monoisotopic (exact) mass is 417 g/mol. The summed E-state index contributed by atoms with van der Waals surface area (Å²) in [5, 5.41) is 3.74. The molecule has 2 amide bonds. The first-order valence-corrected chi connectivity index (χ1v) is 11.0. The molecule has 0 spiro atoms. The Morgan fingerprint density at radius 2 is 1.93 bits per heavy atom. The average molecular weight is 418 g/mol. The van der Waals surface area contributed by atoms with Crippen molar-refractivity contribution in [2.45, 2.75) is 52.5 Å². The summed E-state index contributed by atoms with van der Waals surface area (Å²) in [7, 11) is 0. The van der Waals surface area contributed by atoms with Crippen LogP contribution in [0.3, 0.4) is 0 Å². The number of nitrogens with one attached hydrogen (secondary N) is 1. The zero-order valence-electron chi connectivity index (χ0n) is 17.2. The topological polar surface area (TPSA) is 62.3 Å². The van der Waals surface area contributed by atoms with Gasteiger partial charge in [0.1, 0.15) is 15.7 Å². The van der Waals surface area contributed by atoms with Crippen molar-refractivity contribution in [3.63, 3.8) is 0 Å². The summed E-state index contributed by atoms with van der Waals surface area (Å²) >= 11 is 1.35. The molecule has 29 heavy (non-hydrogen) atoms. The molecular formula is C22H28FN3O2S. The molecule has 1 aromatic carbocycles. The average Bonchev–Trinajstić information content (AvgIpc) is 3.10. The van der Waals surface area contributed by atoms with Crippen LogP contribution in [0.25, 0.3) is 10.6 Å². The Balaban J connectivity index is 1.58. The predicted octanol–water partition coefficient (Wildman–Crippen LogP) is 4.41. The first kappa shape index (κ1) is 21.4. The van der Waals surface area contributed by atoms with Crippen LogP contribution in [0, 0.1) is 18.7 Å². The molecule has 1 saturated heterocycles. The zero-order chi connectivity index (χ0) is 21.0. The highest BCUT2D eigenvalue weighted by Gasteiger charge is 2.27. The second-order valence-electron chi connectivity index (χ2n) is 7.76. The molecule has 0 saturated carbocycles. The van der Waals surface area contributed by atoms with Crippen molar-refractivity contribution >= 4 is 23.2 Å². The number of carbonyl (C=O) groups is 2. The van der Waals surface area contributed by atoms with Crippen LogP contribution in [-0.2, 0) is 4.79 Å². The summed E-state index contributed by atoms with van der Waals surface area (Å²) in [6, 6.07) is 6.36. The lowest BCUT2D eigenvalue weighted by Crippen LogP contribution is -2.40. The zero-order valence-corrected chi connectivity index (χ0v) is 18.0. The first-order chi connectivity index (χ1) is 13.9. The summed E-state index contributed by atoms with van der Waals surface area (Å²) in [5.41, 5.74) is 1.51. The fourth-order valence-corrected chi connectivity index (χ4v) is 4.53. The van der Waals surface area contributed by atoms with Crippen LogP contribution in [0.15, 0.2) is 24.3 Å². The van der Waals surface area contributed by atoms with Gasteiger partial charge in [-0.25, -0.2) is 9.37 Å². The fourth-order valence-electron chi connectivity index (χ4n) is 3.49. The summed E-state index contributed by atoms with van der Waals surface area (Å²) in [6.07, 6.45) is 3.12. The molecule has 7 heteroatoms. The van der Waals surface area contributed by atoms with Crippen molar-refractivity contribution in [2.24, 2.45) is 5.92 Å². The molecule has 0 aliphatic carbocycles. The molecule has 0 unspecified atom stereocenters. The SMILES string of the molecule is CC[C@@H](C)NC(=O)CC1CCN(C(=O)c2sc(-c3ccc(F)cc3)nc2C)CC1. The van der Waals surface area contributed by atoms with Gasteiger partial charge >= 0.3 is 0 Å². The van der Waals surface area contributed by atoms with Gasteiger partial charge < -0.3 is 10.2 Å². The van der Waals surface area contributed by atoms with Crippen LogP contribution in [-0.4, -0.2) is 40.8 Å². The standard InChI is InChI=1S/C22H28FN3O2S/c1-4-14(2)24-19(27)13-16-9-11-26(12-10-16)22(28)20-15(3)25-21(29-20)17-5-7-18(23)8-6-17/h5-8,14,16H,4,9-13H2,1-3H3,(H,24,27)/t14-/m1/s1. The van der Waals surface area contributed by atoms with Crippen LogP contribution in [0.4, 0.5) is 4.39 Å². The van der Waals surface area contributed by atoms with Crippen molar-refractivity contribution in [3.8, 4) is 10.6 Å². The second kappa shape index (κ2) is 9.48. The highest BCUT2D eigenvalue weighted by molar-refractivity contribution is 7.17. The van der Waals surface area contributed by atoms with Crippen molar-refractivity contribution in [1.82, 2.24) is 15.2 Å². The third-order valence-electron chi connectivity index (χ3n) is 5.48. The third-order valence-corrected chi connectivity index (χ3v) is 6.67. The summed E-state index contributed by atoms with van der Waals surface area (Å²) in [6.45, 7) is 7.21. The van der Waals surface area contributed by atoms with E-state index in [1.807, 2.05) is 18.7 Å². The number of aromatic nitrogens is 1. The highest BCUT2D eigenvalue weighted by atomic mass is 32.1. The minimum absolute atomic E-state index is 0.00383. The van der Waals surface area contributed by atoms with Gasteiger partial charge in [0.25, 0.3) is 5.91 Å². The number of aryl methyl sites for hydroxylation is 1.